The van der Waals surface area contributed by atoms with Crippen LogP contribution >= 0.6 is 0 Å². The molecular formula is C13H22N2O. The highest BCUT2D eigenvalue weighted by Gasteiger charge is 2.11. The number of hydrogen-bond donors (Lipinski definition) is 1. The zero-order chi connectivity index (χ0) is 11.8. The quantitative estimate of drug-likeness (QED) is 0.771. The molecule has 1 aromatic rings. The average Bonchev–Trinajstić information content (AvgIpc) is 2.31. The van der Waals surface area contributed by atoms with E-state index in [1.54, 1.807) is 12.4 Å². The summed E-state index contributed by atoms with van der Waals surface area (Å²) in [4.78, 5) is 3.99. The number of rotatable bonds is 7. The molecular weight excluding hydrogens is 200 g/mol. The van der Waals surface area contributed by atoms with Crippen LogP contribution in [-0.2, 0) is 4.74 Å². The van der Waals surface area contributed by atoms with E-state index in [1.807, 2.05) is 12.1 Å². The highest BCUT2D eigenvalue weighted by Crippen LogP contribution is 2.17. The third-order valence-electron chi connectivity index (χ3n) is 2.66. The van der Waals surface area contributed by atoms with Crippen LogP contribution < -0.4 is 5.73 Å². The van der Waals surface area contributed by atoms with Gasteiger partial charge >= 0.3 is 0 Å². The molecule has 0 saturated heterocycles. The van der Waals surface area contributed by atoms with Gasteiger partial charge in [0.1, 0.15) is 0 Å². The SMILES string of the molecule is CCCC(C)COC(CN)c1ccncc1. The van der Waals surface area contributed by atoms with Gasteiger partial charge in [0, 0.05) is 18.9 Å². The summed E-state index contributed by atoms with van der Waals surface area (Å²) in [6.07, 6.45) is 5.95. The number of pyridine rings is 1. The van der Waals surface area contributed by atoms with Gasteiger partial charge in [-0.1, -0.05) is 20.3 Å². The Kier molecular flexibility index (Phi) is 6.04. The predicted octanol–water partition coefficient (Wildman–Crippen LogP) is 2.53. The van der Waals surface area contributed by atoms with E-state index in [0.717, 1.165) is 12.2 Å². The summed E-state index contributed by atoms with van der Waals surface area (Å²) in [7, 11) is 0. The van der Waals surface area contributed by atoms with Crippen LogP contribution in [0, 0.1) is 5.92 Å². The van der Waals surface area contributed by atoms with Gasteiger partial charge in [-0.2, -0.15) is 0 Å². The molecule has 0 aliphatic heterocycles. The van der Waals surface area contributed by atoms with Crippen LogP contribution in [0.1, 0.15) is 38.4 Å². The zero-order valence-corrected chi connectivity index (χ0v) is 10.2. The van der Waals surface area contributed by atoms with Gasteiger partial charge in [-0.3, -0.25) is 4.98 Å². The van der Waals surface area contributed by atoms with Crippen LogP contribution in [0.5, 0.6) is 0 Å². The molecule has 2 N–H and O–H groups in total. The van der Waals surface area contributed by atoms with Crippen molar-refractivity contribution in [2.75, 3.05) is 13.2 Å². The first-order valence-electron chi connectivity index (χ1n) is 5.99. The Morgan fingerprint density at radius 2 is 2.06 bits per heavy atom. The van der Waals surface area contributed by atoms with Crippen molar-refractivity contribution in [1.29, 1.82) is 0 Å². The molecule has 90 valence electrons. The third-order valence-corrected chi connectivity index (χ3v) is 2.66. The van der Waals surface area contributed by atoms with Crippen LogP contribution in [0.15, 0.2) is 24.5 Å². The molecule has 0 spiro atoms. The maximum Gasteiger partial charge on any atom is 0.0948 e. The Bertz CT molecular complexity index is 277. The lowest BCUT2D eigenvalue weighted by molar-refractivity contribution is 0.0351. The van der Waals surface area contributed by atoms with Crippen molar-refractivity contribution in [3.63, 3.8) is 0 Å². The molecule has 0 saturated carbocycles. The van der Waals surface area contributed by atoms with Crippen molar-refractivity contribution < 1.29 is 4.74 Å². The highest BCUT2D eigenvalue weighted by atomic mass is 16.5. The van der Waals surface area contributed by atoms with Crippen LogP contribution in [0.3, 0.4) is 0 Å². The lowest BCUT2D eigenvalue weighted by Gasteiger charge is -2.19. The highest BCUT2D eigenvalue weighted by molar-refractivity contribution is 5.13. The summed E-state index contributed by atoms with van der Waals surface area (Å²) >= 11 is 0. The van der Waals surface area contributed by atoms with Crippen molar-refractivity contribution in [2.24, 2.45) is 11.7 Å². The minimum absolute atomic E-state index is 0.00214. The molecule has 0 fully saturated rings. The number of aromatic nitrogens is 1. The summed E-state index contributed by atoms with van der Waals surface area (Å²) < 4.78 is 5.84. The fourth-order valence-corrected chi connectivity index (χ4v) is 1.73. The molecule has 3 heteroatoms. The maximum absolute atomic E-state index is 5.84. The molecule has 0 aromatic carbocycles. The second-order valence-corrected chi connectivity index (χ2v) is 4.23. The first-order chi connectivity index (χ1) is 7.77. The Balaban J connectivity index is 2.44. The van der Waals surface area contributed by atoms with Crippen molar-refractivity contribution in [3.05, 3.63) is 30.1 Å². The summed E-state index contributed by atoms with van der Waals surface area (Å²) in [5, 5.41) is 0. The number of nitrogens with zero attached hydrogens (tertiary/aromatic N) is 1. The van der Waals surface area contributed by atoms with E-state index < -0.39 is 0 Å². The lowest BCUT2D eigenvalue weighted by atomic mass is 10.1. The normalized spacial score (nSPS) is 14.7. The lowest BCUT2D eigenvalue weighted by Crippen LogP contribution is -2.18. The fraction of sp³-hybridized carbons (Fsp3) is 0.615. The predicted molar refractivity (Wildman–Crippen MR) is 66.1 cm³/mol. The molecule has 2 atom stereocenters. The van der Waals surface area contributed by atoms with E-state index in [2.05, 4.69) is 18.8 Å². The topological polar surface area (TPSA) is 48.1 Å². The minimum Gasteiger partial charge on any atom is -0.372 e. The Labute approximate surface area is 98.0 Å². The molecule has 0 aliphatic carbocycles. The van der Waals surface area contributed by atoms with E-state index in [-0.39, 0.29) is 6.10 Å². The second-order valence-electron chi connectivity index (χ2n) is 4.23. The number of ether oxygens (including phenoxy) is 1. The minimum atomic E-state index is 0.00214. The summed E-state index contributed by atoms with van der Waals surface area (Å²) in [6.45, 7) is 5.70. The van der Waals surface area contributed by atoms with Crippen LogP contribution in [-0.4, -0.2) is 18.1 Å². The van der Waals surface area contributed by atoms with E-state index in [0.29, 0.717) is 12.5 Å². The monoisotopic (exact) mass is 222 g/mol. The molecule has 2 unspecified atom stereocenters. The van der Waals surface area contributed by atoms with Crippen LogP contribution in [0.25, 0.3) is 0 Å². The van der Waals surface area contributed by atoms with E-state index >= 15 is 0 Å². The summed E-state index contributed by atoms with van der Waals surface area (Å²) in [5.74, 6) is 0.598. The standard InChI is InChI=1S/C13H22N2O/c1-3-4-11(2)10-16-13(9-14)12-5-7-15-8-6-12/h5-8,11,13H,3-4,9-10,14H2,1-2H3. The first kappa shape index (κ1) is 13.1. The molecule has 3 nitrogen and oxygen atoms in total. The molecule has 0 radical (unpaired) electrons. The van der Waals surface area contributed by atoms with Gasteiger partial charge < -0.3 is 10.5 Å². The molecule has 1 aromatic heterocycles. The van der Waals surface area contributed by atoms with Gasteiger partial charge in [0.05, 0.1) is 12.7 Å². The molecule has 0 amide bonds. The zero-order valence-electron chi connectivity index (χ0n) is 10.2. The van der Waals surface area contributed by atoms with Gasteiger partial charge in [-0.25, -0.2) is 0 Å². The summed E-state index contributed by atoms with van der Waals surface area (Å²) in [6, 6.07) is 3.92. The van der Waals surface area contributed by atoms with Crippen molar-refractivity contribution in [1.82, 2.24) is 4.98 Å². The van der Waals surface area contributed by atoms with E-state index in [1.165, 1.54) is 12.8 Å². The van der Waals surface area contributed by atoms with Crippen molar-refractivity contribution >= 4 is 0 Å². The van der Waals surface area contributed by atoms with Gasteiger partial charge in [0.2, 0.25) is 0 Å². The largest absolute Gasteiger partial charge is 0.372 e. The smallest absolute Gasteiger partial charge is 0.0948 e. The van der Waals surface area contributed by atoms with Gasteiger partial charge in [0.25, 0.3) is 0 Å². The van der Waals surface area contributed by atoms with Crippen LogP contribution in [0.2, 0.25) is 0 Å². The summed E-state index contributed by atoms with van der Waals surface area (Å²) in [5.41, 5.74) is 6.83. The first-order valence-corrected chi connectivity index (χ1v) is 5.99. The van der Waals surface area contributed by atoms with Crippen molar-refractivity contribution in [2.45, 2.75) is 32.8 Å². The molecule has 16 heavy (non-hydrogen) atoms. The van der Waals surface area contributed by atoms with Crippen molar-refractivity contribution in [3.8, 4) is 0 Å². The Morgan fingerprint density at radius 3 is 2.62 bits per heavy atom. The van der Waals surface area contributed by atoms with E-state index in [9.17, 15) is 0 Å². The van der Waals surface area contributed by atoms with Gasteiger partial charge in [0.15, 0.2) is 0 Å². The molecule has 0 bridgehead atoms. The Morgan fingerprint density at radius 1 is 1.38 bits per heavy atom. The molecule has 1 rings (SSSR count). The van der Waals surface area contributed by atoms with Crippen LogP contribution in [0.4, 0.5) is 0 Å². The fourth-order valence-electron chi connectivity index (χ4n) is 1.73. The molecule has 0 aliphatic rings. The third kappa shape index (κ3) is 4.29. The van der Waals surface area contributed by atoms with Gasteiger partial charge in [-0.05, 0) is 30.0 Å². The number of hydrogen-bond acceptors (Lipinski definition) is 3. The second kappa shape index (κ2) is 7.36. The average molecular weight is 222 g/mol. The molecule has 1 heterocycles. The Hall–Kier alpha value is -0.930. The number of nitrogens with two attached hydrogens (primary N) is 1. The maximum atomic E-state index is 5.84. The van der Waals surface area contributed by atoms with E-state index in [4.69, 9.17) is 10.5 Å². The van der Waals surface area contributed by atoms with Gasteiger partial charge in [-0.15, -0.1) is 0 Å².